The molecule has 0 aromatic carbocycles. The summed E-state index contributed by atoms with van der Waals surface area (Å²) in [5.41, 5.74) is 0. The van der Waals surface area contributed by atoms with E-state index in [1.807, 2.05) is 6.08 Å². The summed E-state index contributed by atoms with van der Waals surface area (Å²) in [5.74, 6) is 0. The Morgan fingerprint density at radius 2 is 2.50 bits per heavy atom. The van der Waals surface area contributed by atoms with Crippen molar-refractivity contribution in [3.05, 3.63) is 22.8 Å². The summed E-state index contributed by atoms with van der Waals surface area (Å²) in [6.45, 7) is 0.761. The van der Waals surface area contributed by atoms with E-state index >= 15 is 0 Å². The molecule has 4 nitrogen and oxygen atoms in total. The van der Waals surface area contributed by atoms with Crippen molar-refractivity contribution in [3.63, 3.8) is 0 Å². The molecule has 0 atom stereocenters. The van der Waals surface area contributed by atoms with Crippen LogP contribution in [0.25, 0.3) is 12.3 Å². The number of hydrogen-bond donors (Lipinski definition) is 2. The predicted molar refractivity (Wildman–Crippen MR) is 44.0 cm³/mol. The highest BCUT2D eigenvalue weighted by atomic mass is 16.4. The van der Waals surface area contributed by atoms with E-state index in [0.29, 0.717) is 5.35 Å². The van der Waals surface area contributed by atoms with Gasteiger partial charge in [0.05, 0.1) is 5.35 Å². The van der Waals surface area contributed by atoms with Gasteiger partial charge < -0.3 is 10.4 Å². The second-order valence-electron chi connectivity index (χ2n) is 2.57. The summed E-state index contributed by atoms with van der Waals surface area (Å²) < 4.78 is 1.19. The van der Waals surface area contributed by atoms with Gasteiger partial charge in [-0.25, -0.2) is 4.79 Å². The van der Waals surface area contributed by atoms with Crippen molar-refractivity contribution in [2.75, 3.05) is 6.54 Å². The molecule has 2 heterocycles. The molecule has 0 saturated carbocycles. The Balaban J connectivity index is 2.76. The summed E-state index contributed by atoms with van der Waals surface area (Å²) >= 11 is 0. The van der Waals surface area contributed by atoms with Gasteiger partial charge in [-0.05, 0) is 11.3 Å². The Morgan fingerprint density at radius 3 is 3.25 bits per heavy atom. The van der Waals surface area contributed by atoms with E-state index in [-0.39, 0.29) is 0 Å². The van der Waals surface area contributed by atoms with E-state index in [1.165, 1.54) is 4.57 Å². The molecule has 0 amide bonds. The molecule has 1 aromatic heterocycles. The zero-order valence-corrected chi connectivity index (χ0v) is 6.32. The fraction of sp³-hybridized carbons (Fsp3) is 0.125. The Labute approximate surface area is 68.4 Å². The van der Waals surface area contributed by atoms with Crippen LogP contribution in [0.5, 0.6) is 0 Å². The molecule has 1 aliphatic rings. The fourth-order valence-corrected chi connectivity index (χ4v) is 1.28. The molecule has 4 heteroatoms. The lowest BCUT2D eigenvalue weighted by Crippen LogP contribution is -2.37. The second-order valence-corrected chi connectivity index (χ2v) is 2.57. The molecule has 62 valence electrons. The monoisotopic (exact) mass is 164 g/mol. The van der Waals surface area contributed by atoms with E-state index in [0.717, 1.165) is 11.8 Å². The van der Waals surface area contributed by atoms with E-state index in [2.05, 4.69) is 5.32 Å². The molecule has 12 heavy (non-hydrogen) atoms. The third-order valence-electron chi connectivity index (χ3n) is 1.84. The molecule has 1 aromatic rings. The van der Waals surface area contributed by atoms with Gasteiger partial charge >= 0.3 is 6.09 Å². The molecule has 0 fully saturated rings. The zero-order chi connectivity index (χ0) is 8.55. The van der Waals surface area contributed by atoms with Crippen LogP contribution < -0.4 is 15.9 Å². The van der Waals surface area contributed by atoms with Crippen molar-refractivity contribution in [3.8, 4) is 0 Å². The molecular formula is C8H8N2O2. The van der Waals surface area contributed by atoms with Gasteiger partial charge in [0.2, 0.25) is 0 Å². The maximum absolute atomic E-state index is 10.6. The van der Waals surface area contributed by atoms with Gasteiger partial charge in [-0.3, -0.25) is 4.57 Å². The van der Waals surface area contributed by atoms with Crippen molar-refractivity contribution < 1.29 is 9.90 Å². The first-order valence-electron chi connectivity index (χ1n) is 3.63. The van der Waals surface area contributed by atoms with Crippen LogP contribution in [0.2, 0.25) is 0 Å². The van der Waals surface area contributed by atoms with Crippen LogP contribution in [0, 0.1) is 0 Å². The molecule has 0 aliphatic carbocycles. The number of nitrogens with zero attached hydrogens (tertiary/aromatic N) is 1. The standard InChI is InChI=1S/C8H8N2O2/c11-8(12)10-4-2-6-1-3-9-5-7(6)10/h1-2,4-5,9H,3H2,(H,11,12). The van der Waals surface area contributed by atoms with Crippen LogP contribution in [0.15, 0.2) is 12.3 Å². The van der Waals surface area contributed by atoms with Gasteiger partial charge in [-0.2, -0.15) is 0 Å². The smallest absolute Gasteiger partial charge is 0.416 e. The van der Waals surface area contributed by atoms with Gasteiger partial charge in [0, 0.05) is 18.9 Å². The molecule has 0 saturated heterocycles. The first-order valence-corrected chi connectivity index (χ1v) is 3.63. The third-order valence-corrected chi connectivity index (χ3v) is 1.84. The van der Waals surface area contributed by atoms with E-state index in [9.17, 15) is 4.79 Å². The number of nitrogens with one attached hydrogen (secondary N) is 1. The molecule has 0 unspecified atom stereocenters. The lowest BCUT2D eigenvalue weighted by atomic mass is 10.3. The van der Waals surface area contributed by atoms with Crippen molar-refractivity contribution >= 4 is 18.4 Å². The maximum atomic E-state index is 10.6. The van der Waals surface area contributed by atoms with Crippen LogP contribution in [-0.4, -0.2) is 22.3 Å². The highest BCUT2D eigenvalue weighted by Crippen LogP contribution is 1.80. The molecule has 2 N–H and O–H groups in total. The molecule has 0 bridgehead atoms. The number of carboxylic acid groups (broad SMARTS) is 1. The minimum absolute atomic E-state index is 0.703. The van der Waals surface area contributed by atoms with E-state index in [1.54, 1.807) is 18.5 Å². The fourth-order valence-electron chi connectivity index (χ4n) is 1.28. The largest absolute Gasteiger partial charge is 0.464 e. The minimum Gasteiger partial charge on any atom is -0.464 e. The van der Waals surface area contributed by atoms with Gasteiger partial charge in [-0.15, -0.1) is 0 Å². The predicted octanol–water partition coefficient (Wildman–Crippen LogP) is -0.864. The number of hydrogen-bond acceptors (Lipinski definition) is 2. The van der Waals surface area contributed by atoms with E-state index < -0.39 is 6.09 Å². The maximum Gasteiger partial charge on any atom is 0.416 e. The SMILES string of the molecule is O=C(O)n1ccc2c1=CNCC=2. The highest BCUT2D eigenvalue weighted by Gasteiger charge is 2.03. The van der Waals surface area contributed by atoms with Crippen molar-refractivity contribution in [2.24, 2.45) is 0 Å². The summed E-state index contributed by atoms with van der Waals surface area (Å²) in [6.07, 6.45) is 4.26. The minimum atomic E-state index is -0.954. The number of rotatable bonds is 0. The normalized spacial score (nSPS) is 13.7. The highest BCUT2D eigenvalue weighted by molar-refractivity contribution is 5.68. The summed E-state index contributed by atoms with van der Waals surface area (Å²) in [7, 11) is 0. The Morgan fingerprint density at radius 1 is 1.67 bits per heavy atom. The molecule has 0 spiro atoms. The number of carbonyl (C=O) groups is 1. The number of fused-ring (bicyclic) bond motifs is 1. The third kappa shape index (κ3) is 0.887. The van der Waals surface area contributed by atoms with Crippen molar-refractivity contribution in [1.82, 2.24) is 9.88 Å². The quantitative estimate of drug-likeness (QED) is 0.524. The number of aromatic nitrogens is 1. The summed E-state index contributed by atoms with van der Waals surface area (Å²) in [4.78, 5) is 10.6. The van der Waals surface area contributed by atoms with Gasteiger partial charge in [0.25, 0.3) is 0 Å². The topological polar surface area (TPSA) is 54.3 Å². The molecular weight excluding hydrogens is 156 g/mol. The zero-order valence-electron chi connectivity index (χ0n) is 6.32. The average molecular weight is 164 g/mol. The van der Waals surface area contributed by atoms with Crippen LogP contribution in [-0.2, 0) is 0 Å². The second kappa shape index (κ2) is 2.41. The van der Waals surface area contributed by atoms with E-state index in [4.69, 9.17) is 5.11 Å². The Bertz CT molecular complexity index is 430. The first-order chi connectivity index (χ1) is 5.79. The van der Waals surface area contributed by atoms with Crippen molar-refractivity contribution in [2.45, 2.75) is 0 Å². The van der Waals surface area contributed by atoms with Crippen molar-refractivity contribution in [1.29, 1.82) is 0 Å². The van der Waals surface area contributed by atoms with Crippen LogP contribution in [0.1, 0.15) is 0 Å². The first kappa shape index (κ1) is 6.97. The summed E-state index contributed by atoms with van der Waals surface area (Å²) in [5, 5.41) is 13.4. The molecule has 2 rings (SSSR count). The van der Waals surface area contributed by atoms with Gasteiger partial charge in [-0.1, -0.05) is 6.08 Å². The van der Waals surface area contributed by atoms with Crippen LogP contribution in [0.4, 0.5) is 4.79 Å². The van der Waals surface area contributed by atoms with Crippen LogP contribution >= 0.6 is 0 Å². The lowest BCUT2D eigenvalue weighted by molar-refractivity contribution is 0.195. The Kier molecular flexibility index (Phi) is 1.40. The average Bonchev–Trinajstić information content (AvgIpc) is 2.47. The lowest BCUT2D eigenvalue weighted by Gasteiger charge is -2.00. The Hall–Kier alpha value is -1.71. The van der Waals surface area contributed by atoms with Gasteiger partial charge in [0.15, 0.2) is 0 Å². The van der Waals surface area contributed by atoms with Crippen LogP contribution in [0.3, 0.4) is 0 Å². The van der Waals surface area contributed by atoms with Gasteiger partial charge in [0.1, 0.15) is 0 Å². The molecule has 1 aliphatic heterocycles. The summed E-state index contributed by atoms with van der Waals surface area (Å²) in [6, 6.07) is 1.79. The molecule has 0 radical (unpaired) electrons.